The largest absolute Gasteiger partial charge is 0.341 e. The Hall–Kier alpha value is -3.35. The van der Waals surface area contributed by atoms with E-state index in [0.29, 0.717) is 16.9 Å². The number of anilines is 2. The predicted octanol–water partition coefficient (Wildman–Crippen LogP) is 2.68. The molecule has 0 saturated carbocycles. The van der Waals surface area contributed by atoms with Crippen molar-refractivity contribution in [2.75, 3.05) is 30.3 Å². The van der Waals surface area contributed by atoms with Gasteiger partial charge in [0.25, 0.3) is 5.91 Å². The van der Waals surface area contributed by atoms with Crippen LogP contribution in [0.5, 0.6) is 0 Å². The number of urea groups is 1. The number of hydrogen-bond acceptors (Lipinski definition) is 3. The van der Waals surface area contributed by atoms with Gasteiger partial charge in [0, 0.05) is 30.0 Å². The number of hydrogen-bond donors (Lipinski definition) is 3. The highest BCUT2D eigenvalue weighted by molar-refractivity contribution is 6.04. The molecule has 0 aliphatic carbocycles. The molecule has 2 aromatic carbocycles. The zero-order valence-corrected chi connectivity index (χ0v) is 14.9. The second kappa shape index (κ2) is 8.84. The predicted molar refractivity (Wildman–Crippen MR) is 104 cm³/mol. The minimum Gasteiger partial charge on any atom is -0.341 e. The first-order valence-electron chi connectivity index (χ1n) is 8.91. The maximum Gasteiger partial charge on any atom is 0.319 e. The standard InChI is InChI=1S/C20H22N4O3/c25-18(24-12-4-5-13-24)14-21-20(27)23-17-10-8-15(9-11-17)19(26)22-16-6-2-1-3-7-16/h1-3,6-11H,4-5,12-14H2,(H,22,26)(H2,21,23,27). The molecular weight excluding hydrogens is 344 g/mol. The monoisotopic (exact) mass is 366 g/mol. The van der Waals surface area contributed by atoms with Crippen molar-refractivity contribution in [3.63, 3.8) is 0 Å². The number of amides is 4. The molecule has 0 atom stereocenters. The third-order valence-electron chi connectivity index (χ3n) is 4.30. The van der Waals surface area contributed by atoms with Gasteiger partial charge < -0.3 is 20.9 Å². The van der Waals surface area contributed by atoms with Gasteiger partial charge in [0.2, 0.25) is 5.91 Å². The van der Waals surface area contributed by atoms with E-state index in [9.17, 15) is 14.4 Å². The maximum atomic E-state index is 12.2. The van der Waals surface area contributed by atoms with Crippen molar-refractivity contribution in [1.29, 1.82) is 0 Å². The van der Waals surface area contributed by atoms with E-state index in [1.165, 1.54) is 0 Å². The van der Waals surface area contributed by atoms with Gasteiger partial charge in [0.15, 0.2) is 0 Å². The van der Waals surface area contributed by atoms with E-state index in [-0.39, 0.29) is 18.4 Å². The molecule has 1 heterocycles. The first-order chi connectivity index (χ1) is 13.1. The molecule has 1 aliphatic rings. The van der Waals surface area contributed by atoms with Crippen LogP contribution >= 0.6 is 0 Å². The van der Waals surface area contributed by atoms with Gasteiger partial charge in [-0.15, -0.1) is 0 Å². The lowest BCUT2D eigenvalue weighted by Gasteiger charge is -2.15. The van der Waals surface area contributed by atoms with E-state index in [1.54, 1.807) is 29.2 Å². The van der Waals surface area contributed by atoms with E-state index in [0.717, 1.165) is 25.9 Å². The van der Waals surface area contributed by atoms with Gasteiger partial charge >= 0.3 is 6.03 Å². The molecular formula is C20H22N4O3. The number of nitrogens with zero attached hydrogens (tertiary/aromatic N) is 1. The fourth-order valence-electron chi connectivity index (χ4n) is 2.84. The first-order valence-corrected chi connectivity index (χ1v) is 8.91. The fourth-order valence-corrected chi connectivity index (χ4v) is 2.84. The van der Waals surface area contributed by atoms with E-state index in [4.69, 9.17) is 0 Å². The normalized spacial score (nSPS) is 13.1. The summed E-state index contributed by atoms with van der Waals surface area (Å²) in [6.45, 7) is 1.49. The van der Waals surface area contributed by atoms with Crippen molar-refractivity contribution in [2.45, 2.75) is 12.8 Å². The quantitative estimate of drug-likeness (QED) is 0.760. The molecule has 7 heteroatoms. The number of nitrogens with one attached hydrogen (secondary N) is 3. The van der Waals surface area contributed by atoms with E-state index < -0.39 is 6.03 Å². The van der Waals surface area contributed by atoms with Crippen LogP contribution in [0.3, 0.4) is 0 Å². The third kappa shape index (κ3) is 5.31. The van der Waals surface area contributed by atoms with Gasteiger partial charge in [0.05, 0.1) is 6.54 Å². The van der Waals surface area contributed by atoms with Crippen molar-refractivity contribution >= 4 is 29.2 Å². The van der Waals surface area contributed by atoms with Crippen molar-refractivity contribution in [1.82, 2.24) is 10.2 Å². The number of benzene rings is 2. The summed E-state index contributed by atoms with van der Waals surface area (Å²) in [6, 6.07) is 15.3. The molecule has 3 rings (SSSR count). The number of carbonyl (C=O) groups is 3. The minimum absolute atomic E-state index is 0.0244. The topological polar surface area (TPSA) is 90.5 Å². The molecule has 1 fully saturated rings. The third-order valence-corrected chi connectivity index (χ3v) is 4.30. The molecule has 2 aromatic rings. The number of para-hydroxylation sites is 1. The fraction of sp³-hybridized carbons (Fsp3) is 0.250. The Bertz CT molecular complexity index is 800. The van der Waals surface area contributed by atoms with Crippen LogP contribution in [0.25, 0.3) is 0 Å². The number of likely N-dealkylation sites (tertiary alicyclic amines) is 1. The highest BCUT2D eigenvalue weighted by Gasteiger charge is 2.18. The Labute approximate surface area is 157 Å². The summed E-state index contributed by atoms with van der Waals surface area (Å²) in [4.78, 5) is 37.8. The zero-order chi connectivity index (χ0) is 19.1. The zero-order valence-electron chi connectivity index (χ0n) is 14.9. The van der Waals surface area contributed by atoms with Crippen LogP contribution in [-0.4, -0.2) is 42.4 Å². The first kappa shape index (κ1) is 18.4. The molecule has 140 valence electrons. The average Bonchev–Trinajstić information content (AvgIpc) is 3.22. The highest BCUT2D eigenvalue weighted by Crippen LogP contribution is 2.12. The Morgan fingerprint density at radius 2 is 1.44 bits per heavy atom. The van der Waals surface area contributed by atoms with Crippen LogP contribution in [-0.2, 0) is 4.79 Å². The van der Waals surface area contributed by atoms with Crippen LogP contribution in [0, 0.1) is 0 Å². The molecule has 7 nitrogen and oxygen atoms in total. The average molecular weight is 366 g/mol. The molecule has 3 N–H and O–H groups in total. The van der Waals surface area contributed by atoms with Crippen molar-refractivity contribution in [2.24, 2.45) is 0 Å². The van der Waals surface area contributed by atoms with Crippen LogP contribution in [0.4, 0.5) is 16.2 Å². The highest BCUT2D eigenvalue weighted by atomic mass is 16.2. The van der Waals surface area contributed by atoms with Gasteiger partial charge in [-0.05, 0) is 49.2 Å². The van der Waals surface area contributed by atoms with Gasteiger partial charge in [-0.2, -0.15) is 0 Å². The van der Waals surface area contributed by atoms with Crippen LogP contribution in [0.1, 0.15) is 23.2 Å². The molecule has 0 radical (unpaired) electrons. The van der Waals surface area contributed by atoms with E-state index in [1.807, 2.05) is 30.3 Å². The van der Waals surface area contributed by atoms with Gasteiger partial charge in [-0.1, -0.05) is 18.2 Å². The van der Waals surface area contributed by atoms with Gasteiger partial charge in [0.1, 0.15) is 0 Å². The van der Waals surface area contributed by atoms with Crippen LogP contribution in [0.2, 0.25) is 0 Å². The van der Waals surface area contributed by atoms with E-state index >= 15 is 0 Å². The lowest BCUT2D eigenvalue weighted by molar-refractivity contribution is -0.128. The minimum atomic E-state index is -0.455. The van der Waals surface area contributed by atoms with Crippen molar-refractivity contribution < 1.29 is 14.4 Å². The summed E-state index contributed by atoms with van der Waals surface area (Å²) >= 11 is 0. The van der Waals surface area contributed by atoms with E-state index in [2.05, 4.69) is 16.0 Å². The van der Waals surface area contributed by atoms with Gasteiger partial charge in [-0.25, -0.2) is 4.79 Å². The van der Waals surface area contributed by atoms with Crippen LogP contribution < -0.4 is 16.0 Å². The second-order valence-corrected chi connectivity index (χ2v) is 6.29. The van der Waals surface area contributed by atoms with Gasteiger partial charge in [-0.3, -0.25) is 9.59 Å². The van der Waals surface area contributed by atoms with Crippen LogP contribution in [0.15, 0.2) is 54.6 Å². The Morgan fingerprint density at radius 3 is 2.11 bits per heavy atom. The van der Waals surface area contributed by atoms with Crippen molar-refractivity contribution in [3.8, 4) is 0 Å². The second-order valence-electron chi connectivity index (χ2n) is 6.29. The summed E-state index contributed by atoms with van der Waals surface area (Å²) in [5.41, 5.74) is 1.73. The number of rotatable bonds is 5. The molecule has 0 spiro atoms. The van der Waals surface area contributed by atoms with Crippen molar-refractivity contribution in [3.05, 3.63) is 60.2 Å². The molecule has 4 amide bonds. The number of carbonyl (C=O) groups excluding carboxylic acids is 3. The maximum absolute atomic E-state index is 12.2. The Balaban J connectivity index is 1.47. The summed E-state index contributed by atoms with van der Waals surface area (Å²) < 4.78 is 0. The summed E-state index contributed by atoms with van der Waals surface area (Å²) in [6.07, 6.45) is 2.03. The molecule has 27 heavy (non-hydrogen) atoms. The SMILES string of the molecule is O=C(NCC(=O)N1CCCC1)Nc1ccc(C(=O)Nc2ccccc2)cc1. The molecule has 0 bridgehead atoms. The summed E-state index contributed by atoms with van der Waals surface area (Å²) in [5.74, 6) is -0.302. The lowest BCUT2D eigenvalue weighted by Crippen LogP contribution is -2.40. The summed E-state index contributed by atoms with van der Waals surface area (Å²) in [5, 5.41) is 8.01. The smallest absolute Gasteiger partial charge is 0.319 e. The summed E-state index contributed by atoms with van der Waals surface area (Å²) in [7, 11) is 0. The molecule has 1 aliphatic heterocycles. The Kier molecular flexibility index (Phi) is 6.04. The molecule has 1 saturated heterocycles. The molecule has 0 aromatic heterocycles. The lowest BCUT2D eigenvalue weighted by atomic mass is 10.2. The molecule has 0 unspecified atom stereocenters. The Morgan fingerprint density at radius 1 is 0.815 bits per heavy atom.